The number of amides is 1. The predicted octanol–water partition coefficient (Wildman–Crippen LogP) is 19.4. The minimum atomic E-state index is -4.45. The topological polar surface area (TPSA) is 111 Å². The van der Waals surface area contributed by atoms with Gasteiger partial charge in [-0.3, -0.25) is 18.6 Å². The number of rotatable bonds is 56. The van der Waals surface area contributed by atoms with Gasteiger partial charge in [-0.25, -0.2) is 4.57 Å². The van der Waals surface area contributed by atoms with Gasteiger partial charge < -0.3 is 19.4 Å². The SMILES string of the molecule is CC/C=C/C/C=C/CCCCCCCCCC(=O)OC(/C=C\CCCCCCCCCCC)C(COP(=O)(O)OCC[N+](C)(C)C)NC(=O)CCCCCCCCCCC/C=C\C/C=C\C/C=C\C/C=C\CCCCC. The zero-order valence-electron chi connectivity index (χ0n) is 50.2. The van der Waals surface area contributed by atoms with Crippen molar-refractivity contribution in [2.45, 2.75) is 283 Å². The molecule has 0 saturated carbocycles. The summed E-state index contributed by atoms with van der Waals surface area (Å²) in [6, 6.07) is -0.858. The highest BCUT2D eigenvalue weighted by molar-refractivity contribution is 7.47. The Morgan fingerprint density at radius 2 is 0.842 bits per heavy atom. The van der Waals surface area contributed by atoms with Crippen LogP contribution in [0.3, 0.4) is 0 Å². The third-order valence-corrected chi connectivity index (χ3v) is 14.6. The average molecular weight is 1080 g/mol. The Morgan fingerprint density at radius 1 is 0.474 bits per heavy atom. The van der Waals surface area contributed by atoms with Crippen molar-refractivity contribution in [1.29, 1.82) is 0 Å². The zero-order chi connectivity index (χ0) is 55.7. The molecule has 10 heteroatoms. The van der Waals surface area contributed by atoms with Crippen LogP contribution in [0.25, 0.3) is 0 Å². The number of phosphoric ester groups is 1. The molecule has 0 aromatic carbocycles. The molecule has 0 aliphatic heterocycles. The molecule has 2 N–H and O–H groups in total. The van der Waals surface area contributed by atoms with E-state index in [4.69, 9.17) is 13.8 Å². The number of nitrogens with one attached hydrogen (secondary N) is 1. The number of carbonyl (C=O) groups excluding carboxylic acids is 2. The Bertz CT molecular complexity index is 1580. The second-order valence-electron chi connectivity index (χ2n) is 22.2. The molecule has 0 bridgehead atoms. The molecule has 0 rings (SSSR count). The molecule has 0 radical (unpaired) electrons. The van der Waals surface area contributed by atoms with E-state index in [1.165, 1.54) is 122 Å². The van der Waals surface area contributed by atoms with Crippen LogP contribution in [-0.4, -0.2) is 74.3 Å². The first-order valence-electron chi connectivity index (χ1n) is 31.4. The van der Waals surface area contributed by atoms with Crippen molar-refractivity contribution in [2.75, 3.05) is 40.9 Å². The van der Waals surface area contributed by atoms with Crippen LogP contribution in [0.2, 0.25) is 0 Å². The van der Waals surface area contributed by atoms with Crippen LogP contribution in [-0.2, 0) is 27.9 Å². The lowest BCUT2D eigenvalue weighted by Gasteiger charge is -2.27. The van der Waals surface area contributed by atoms with Gasteiger partial charge in [0.05, 0.1) is 33.8 Å². The summed E-state index contributed by atoms with van der Waals surface area (Å²) >= 11 is 0. The molecule has 0 heterocycles. The zero-order valence-corrected chi connectivity index (χ0v) is 51.1. The van der Waals surface area contributed by atoms with Crippen LogP contribution in [0.15, 0.2) is 85.1 Å². The number of nitrogens with zero attached hydrogens (tertiary/aromatic N) is 1. The number of likely N-dealkylation sites (N-methyl/N-ethyl adjacent to an activating group) is 1. The summed E-state index contributed by atoms with van der Waals surface area (Å²) in [5.74, 6) is -0.523. The Labute approximate surface area is 469 Å². The molecule has 440 valence electrons. The fourth-order valence-electron chi connectivity index (χ4n) is 8.73. The fraction of sp³-hybridized carbons (Fsp3) is 0.758. The van der Waals surface area contributed by atoms with Crippen molar-refractivity contribution >= 4 is 19.7 Å². The molecule has 0 spiro atoms. The van der Waals surface area contributed by atoms with Gasteiger partial charge in [-0.2, -0.15) is 0 Å². The smallest absolute Gasteiger partial charge is 0.456 e. The van der Waals surface area contributed by atoms with Gasteiger partial charge in [0.25, 0.3) is 0 Å². The minimum Gasteiger partial charge on any atom is -0.456 e. The number of carbonyl (C=O) groups is 2. The third-order valence-electron chi connectivity index (χ3n) is 13.6. The standard InChI is InChI=1S/C66H119N2O7P/c1-7-10-13-16-19-22-25-27-29-30-31-32-33-34-35-36-37-38-39-40-43-46-49-52-55-58-65(69)67-63(62-74-76(71,72)73-61-60-68(4,5)6)64(57-54-51-48-45-42-24-21-18-15-12-9-3)75-66(70)59-56-53-50-47-44-41-28-26-23-20-17-14-11-8-2/h11,14,19-20,22-23,27,29,31-32,34-35,54,57,63-64H,7-10,12-13,15-18,21,24-26,28,30,33,36-53,55-56,58-62H2,1-6H3,(H-,67,69,71,72)/p+1/b14-11+,22-19-,23-20+,29-27-,32-31-,35-34-,57-54-. The number of quaternary nitrogens is 1. The van der Waals surface area contributed by atoms with Crippen LogP contribution in [0, 0.1) is 0 Å². The van der Waals surface area contributed by atoms with E-state index in [2.05, 4.69) is 99.0 Å². The number of hydrogen-bond donors (Lipinski definition) is 2. The van der Waals surface area contributed by atoms with Crippen molar-refractivity contribution in [2.24, 2.45) is 0 Å². The number of unbranched alkanes of at least 4 members (excludes halogenated alkanes) is 28. The van der Waals surface area contributed by atoms with E-state index < -0.39 is 20.0 Å². The summed E-state index contributed by atoms with van der Waals surface area (Å²) in [5, 5.41) is 3.05. The molecule has 0 aromatic rings. The van der Waals surface area contributed by atoms with E-state index in [1.54, 1.807) is 0 Å². The number of esters is 1. The maximum Gasteiger partial charge on any atom is 0.472 e. The summed E-state index contributed by atoms with van der Waals surface area (Å²) < 4.78 is 30.7. The van der Waals surface area contributed by atoms with Crippen molar-refractivity contribution < 1.29 is 37.3 Å². The second-order valence-corrected chi connectivity index (χ2v) is 23.6. The van der Waals surface area contributed by atoms with Gasteiger partial charge in [0.15, 0.2) is 0 Å². The Morgan fingerprint density at radius 3 is 1.29 bits per heavy atom. The summed E-state index contributed by atoms with van der Waals surface area (Å²) in [7, 11) is 1.48. The molecule has 0 aliphatic carbocycles. The van der Waals surface area contributed by atoms with Crippen LogP contribution in [0.5, 0.6) is 0 Å². The van der Waals surface area contributed by atoms with E-state index >= 15 is 0 Å². The lowest BCUT2D eigenvalue weighted by molar-refractivity contribution is -0.870. The molecule has 3 atom stereocenters. The van der Waals surface area contributed by atoms with E-state index in [0.29, 0.717) is 17.4 Å². The van der Waals surface area contributed by atoms with Crippen LogP contribution < -0.4 is 5.32 Å². The third kappa shape index (κ3) is 55.9. The van der Waals surface area contributed by atoms with E-state index in [0.717, 1.165) is 116 Å². The largest absolute Gasteiger partial charge is 0.472 e. The van der Waals surface area contributed by atoms with Crippen LogP contribution in [0.1, 0.15) is 271 Å². The first-order valence-corrected chi connectivity index (χ1v) is 32.9. The predicted molar refractivity (Wildman–Crippen MR) is 328 cm³/mol. The van der Waals surface area contributed by atoms with Crippen LogP contribution in [0.4, 0.5) is 0 Å². The number of ether oxygens (including phenoxy) is 1. The second kappa shape index (κ2) is 55.5. The number of hydrogen-bond acceptors (Lipinski definition) is 6. The highest BCUT2D eigenvalue weighted by Gasteiger charge is 2.30. The Kier molecular flexibility index (Phi) is 53.5. The van der Waals surface area contributed by atoms with Crippen molar-refractivity contribution in [3.63, 3.8) is 0 Å². The minimum absolute atomic E-state index is 0.0344. The molecular weight excluding hydrogens is 964 g/mol. The van der Waals surface area contributed by atoms with E-state index in [9.17, 15) is 19.0 Å². The quantitative estimate of drug-likeness (QED) is 0.0205. The van der Waals surface area contributed by atoms with E-state index in [-0.39, 0.29) is 31.5 Å². The normalized spacial score (nSPS) is 14.2. The highest BCUT2D eigenvalue weighted by Crippen LogP contribution is 2.43. The van der Waals surface area contributed by atoms with Crippen LogP contribution >= 0.6 is 7.82 Å². The molecule has 3 unspecified atom stereocenters. The maximum atomic E-state index is 13.5. The molecule has 0 aromatic heterocycles. The van der Waals surface area contributed by atoms with Gasteiger partial charge in [-0.15, -0.1) is 0 Å². The molecular formula is C66H120N2O7P+. The first-order chi connectivity index (χ1) is 36.9. The Hall–Kier alpha value is -2.81. The van der Waals surface area contributed by atoms with Gasteiger partial charge >= 0.3 is 13.8 Å². The van der Waals surface area contributed by atoms with Crippen molar-refractivity contribution in [3.05, 3.63) is 85.1 Å². The summed E-state index contributed by atoms with van der Waals surface area (Å²) in [4.78, 5) is 37.7. The Balaban J connectivity index is 5.13. The molecule has 0 saturated heterocycles. The van der Waals surface area contributed by atoms with Gasteiger partial charge in [0.1, 0.15) is 19.3 Å². The maximum absolute atomic E-state index is 13.5. The molecule has 76 heavy (non-hydrogen) atoms. The monoisotopic (exact) mass is 1080 g/mol. The lowest BCUT2D eigenvalue weighted by atomic mass is 10.0. The summed E-state index contributed by atoms with van der Waals surface area (Å²) in [5.41, 5.74) is 0. The highest BCUT2D eigenvalue weighted by atomic mass is 31.2. The lowest BCUT2D eigenvalue weighted by Crippen LogP contribution is -2.47. The van der Waals surface area contributed by atoms with Gasteiger partial charge in [-0.05, 0) is 102 Å². The molecule has 1 amide bonds. The molecule has 0 aliphatic rings. The van der Waals surface area contributed by atoms with Gasteiger partial charge in [-0.1, -0.05) is 241 Å². The average Bonchev–Trinajstić information content (AvgIpc) is 3.38. The molecule has 9 nitrogen and oxygen atoms in total. The molecule has 0 fully saturated rings. The fourth-order valence-corrected chi connectivity index (χ4v) is 9.46. The van der Waals surface area contributed by atoms with Gasteiger partial charge in [0.2, 0.25) is 5.91 Å². The first kappa shape index (κ1) is 73.2. The van der Waals surface area contributed by atoms with Gasteiger partial charge in [0, 0.05) is 12.8 Å². The summed E-state index contributed by atoms with van der Waals surface area (Å²) in [6.07, 6.45) is 73.0. The number of allylic oxidation sites excluding steroid dienone is 13. The summed E-state index contributed by atoms with van der Waals surface area (Å²) in [6.45, 7) is 6.86. The van der Waals surface area contributed by atoms with E-state index in [1.807, 2.05) is 33.3 Å². The number of phosphoric acid groups is 1. The van der Waals surface area contributed by atoms with Crippen molar-refractivity contribution in [3.8, 4) is 0 Å². The van der Waals surface area contributed by atoms with Crippen molar-refractivity contribution in [1.82, 2.24) is 5.32 Å².